The van der Waals surface area contributed by atoms with Crippen LogP contribution in [0.5, 0.6) is 5.75 Å². The van der Waals surface area contributed by atoms with Crippen LogP contribution in [-0.2, 0) is 0 Å². The van der Waals surface area contributed by atoms with Crippen molar-refractivity contribution in [3.63, 3.8) is 0 Å². The van der Waals surface area contributed by atoms with Crippen LogP contribution in [0.3, 0.4) is 0 Å². The molecule has 0 heterocycles. The second-order valence-electron chi connectivity index (χ2n) is 3.70. The van der Waals surface area contributed by atoms with E-state index in [1.54, 1.807) is 36.4 Å². The molecule has 0 fully saturated rings. The summed E-state index contributed by atoms with van der Waals surface area (Å²) < 4.78 is 0. The number of nitrogens with one attached hydrogen (secondary N) is 1. The number of phenols is 1. The fourth-order valence-corrected chi connectivity index (χ4v) is 1.51. The Morgan fingerprint density at radius 1 is 1.17 bits per heavy atom. The van der Waals surface area contributed by atoms with E-state index in [2.05, 4.69) is 11.2 Å². The van der Waals surface area contributed by atoms with Gasteiger partial charge in [-0.2, -0.15) is 0 Å². The molecule has 0 aliphatic heterocycles. The molecule has 0 radical (unpaired) electrons. The highest BCUT2D eigenvalue weighted by Gasteiger charge is 2.08. The lowest BCUT2D eigenvalue weighted by atomic mass is 10.1. The number of terminal acetylenes is 1. The number of anilines is 1. The fourth-order valence-electron chi connectivity index (χ4n) is 1.51. The summed E-state index contributed by atoms with van der Waals surface area (Å²) in [4.78, 5) is 11.9. The van der Waals surface area contributed by atoms with Gasteiger partial charge >= 0.3 is 0 Å². The summed E-state index contributed by atoms with van der Waals surface area (Å²) >= 11 is 0. The summed E-state index contributed by atoms with van der Waals surface area (Å²) in [7, 11) is 0. The van der Waals surface area contributed by atoms with Gasteiger partial charge in [0.2, 0.25) is 0 Å². The molecule has 2 aromatic carbocycles. The second kappa shape index (κ2) is 5.07. The van der Waals surface area contributed by atoms with Gasteiger partial charge in [-0.25, -0.2) is 0 Å². The molecule has 2 rings (SSSR count). The average Bonchev–Trinajstić information content (AvgIpc) is 2.42. The average molecular weight is 237 g/mol. The minimum atomic E-state index is -0.292. The zero-order valence-corrected chi connectivity index (χ0v) is 9.55. The Labute approximate surface area is 105 Å². The van der Waals surface area contributed by atoms with E-state index in [1.807, 2.05) is 6.07 Å². The van der Waals surface area contributed by atoms with Gasteiger partial charge in [0.05, 0.1) is 5.69 Å². The third-order valence-electron chi connectivity index (χ3n) is 2.45. The van der Waals surface area contributed by atoms with Gasteiger partial charge in [0, 0.05) is 11.1 Å². The number of rotatable bonds is 2. The van der Waals surface area contributed by atoms with Crippen LogP contribution in [0.25, 0.3) is 0 Å². The molecule has 2 N–H and O–H groups in total. The van der Waals surface area contributed by atoms with Crippen molar-refractivity contribution in [1.29, 1.82) is 0 Å². The molecule has 1 amide bonds. The van der Waals surface area contributed by atoms with Crippen LogP contribution in [0.15, 0.2) is 48.5 Å². The lowest BCUT2D eigenvalue weighted by Gasteiger charge is -2.07. The number of carbonyl (C=O) groups is 1. The Morgan fingerprint density at radius 3 is 2.56 bits per heavy atom. The Bertz CT molecular complexity index is 612. The molecular weight excluding hydrogens is 226 g/mol. The summed E-state index contributed by atoms with van der Waals surface area (Å²) in [6.07, 6.45) is 5.27. The molecular formula is C15H11NO2. The molecule has 0 aromatic heterocycles. The number of hydrogen-bond acceptors (Lipinski definition) is 2. The predicted octanol–water partition coefficient (Wildman–Crippen LogP) is 2.63. The first-order valence-corrected chi connectivity index (χ1v) is 5.37. The van der Waals surface area contributed by atoms with E-state index in [0.717, 1.165) is 0 Å². The molecule has 3 nitrogen and oxygen atoms in total. The summed E-state index contributed by atoms with van der Waals surface area (Å²) in [6, 6.07) is 13.4. The molecule has 0 atom stereocenters. The maximum Gasteiger partial charge on any atom is 0.255 e. The quantitative estimate of drug-likeness (QED) is 0.623. The van der Waals surface area contributed by atoms with Crippen molar-refractivity contribution in [2.24, 2.45) is 0 Å². The number of benzene rings is 2. The van der Waals surface area contributed by atoms with Gasteiger partial charge in [0.25, 0.3) is 5.91 Å². The minimum absolute atomic E-state index is 0.0155. The standard InChI is InChI=1S/C15H11NO2/c1-2-11-8-9-14(17)13(10-11)16-15(18)12-6-4-3-5-7-12/h1,3-10,17H,(H,16,18). The van der Waals surface area contributed by atoms with Crippen LogP contribution >= 0.6 is 0 Å². The van der Waals surface area contributed by atoms with E-state index in [9.17, 15) is 9.90 Å². The molecule has 0 bridgehead atoms. The number of amides is 1. The number of phenolic OH excluding ortho intramolecular Hbond substituents is 1. The third kappa shape index (κ3) is 2.50. The molecule has 0 saturated carbocycles. The van der Waals surface area contributed by atoms with Gasteiger partial charge in [0.1, 0.15) is 5.75 Å². The molecule has 0 unspecified atom stereocenters. The van der Waals surface area contributed by atoms with E-state index in [0.29, 0.717) is 16.8 Å². The summed E-state index contributed by atoms with van der Waals surface area (Å²) in [5, 5.41) is 12.3. The van der Waals surface area contributed by atoms with Crippen molar-refractivity contribution < 1.29 is 9.90 Å². The Hall–Kier alpha value is -2.73. The Balaban J connectivity index is 2.25. The van der Waals surface area contributed by atoms with Crippen molar-refractivity contribution in [3.05, 3.63) is 59.7 Å². The molecule has 88 valence electrons. The lowest BCUT2D eigenvalue weighted by Crippen LogP contribution is -2.11. The first-order chi connectivity index (χ1) is 8.70. The molecule has 0 spiro atoms. The molecule has 18 heavy (non-hydrogen) atoms. The first kappa shape index (κ1) is 11.7. The SMILES string of the molecule is C#Cc1ccc(O)c(NC(=O)c2ccccc2)c1. The third-order valence-corrected chi connectivity index (χ3v) is 2.45. The van der Waals surface area contributed by atoms with Gasteiger partial charge in [-0.1, -0.05) is 24.1 Å². The Morgan fingerprint density at radius 2 is 1.89 bits per heavy atom. The van der Waals surface area contributed by atoms with E-state index in [4.69, 9.17) is 6.42 Å². The molecule has 3 heteroatoms. The maximum atomic E-state index is 11.9. The van der Waals surface area contributed by atoms with Gasteiger partial charge in [-0.15, -0.1) is 6.42 Å². The summed E-state index contributed by atoms with van der Waals surface area (Å²) in [5.41, 5.74) is 1.42. The van der Waals surface area contributed by atoms with Gasteiger partial charge < -0.3 is 10.4 Å². The van der Waals surface area contributed by atoms with Gasteiger partial charge in [-0.05, 0) is 30.3 Å². The highest BCUT2D eigenvalue weighted by molar-refractivity contribution is 6.05. The highest BCUT2D eigenvalue weighted by Crippen LogP contribution is 2.24. The van der Waals surface area contributed by atoms with Crippen LogP contribution < -0.4 is 5.32 Å². The molecule has 0 saturated heterocycles. The van der Waals surface area contributed by atoms with Crippen LogP contribution in [-0.4, -0.2) is 11.0 Å². The van der Waals surface area contributed by atoms with E-state index in [1.165, 1.54) is 6.07 Å². The summed E-state index contributed by atoms with van der Waals surface area (Å²) in [5.74, 6) is 2.14. The highest BCUT2D eigenvalue weighted by atomic mass is 16.3. The van der Waals surface area contributed by atoms with E-state index in [-0.39, 0.29) is 11.7 Å². The Kier molecular flexibility index (Phi) is 3.31. The van der Waals surface area contributed by atoms with Crippen LogP contribution in [0, 0.1) is 12.3 Å². The molecule has 2 aromatic rings. The first-order valence-electron chi connectivity index (χ1n) is 5.37. The van der Waals surface area contributed by atoms with Crippen molar-refractivity contribution >= 4 is 11.6 Å². The van der Waals surface area contributed by atoms with Gasteiger partial charge in [0.15, 0.2) is 0 Å². The zero-order valence-electron chi connectivity index (χ0n) is 9.55. The van der Waals surface area contributed by atoms with Crippen molar-refractivity contribution in [2.75, 3.05) is 5.32 Å². The second-order valence-corrected chi connectivity index (χ2v) is 3.70. The largest absolute Gasteiger partial charge is 0.506 e. The monoisotopic (exact) mass is 237 g/mol. The lowest BCUT2D eigenvalue weighted by molar-refractivity contribution is 0.102. The topological polar surface area (TPSA) is 49.3 Å². The smallest absolute Gasteiger partial charge is 0.255 e. The number of aromatic hydroxyl groups is 1. The van der Waals surface area contributed by atoms with Crippen LogP contribution in [0.2, 0.25) is 0 Å². The number of carbonyl (C=O) groups excluding carboxylic acids is 1. The normalized spacial score (nSPS) is 9.50. The van der Waals surface area contributed by atoms with Crippen molar-refractivity contribution in [1.82, 2.24) is 0 Å². The molecule has 0 aliphatic carbocycles. The predicted molar refractivity (Wildman–Crippen MR) is 70.4 cm³/mol. The van der Waals surface area contributed by atoms with Crippen LogP contribution in [0.1, 0.15) is 15.9 Å². The number of hydrogen-bond donors (Lipinski definition) is 2. The van der Waals surface area contributed by atoms with E-state index < -0.39 is 0 Å². The molecule has 0 aliphatic rings. The van der Waals surface area contributed by atoms with Crippen molar-refractivity contribution in [2.45, 2.75) is 0 Å². The maximum absolute atomic E-state index is 11.9. The van der Waals surface area contributed by atoms with Crippen molar-refractivity contribution in [3.8, 4) is 18.1 Å². The summed E-state index contributed by atoms with van der Waals surface area (Å²) in [6.45, 7) is 0. The fraction of sp³-hybridized carbons (Fsp3) is 0. The van der Waals surface area contributed by atoms with Gasteiger partial charge in [-0.3, -0.25) is 4.79 Å². The van der Waals surface area contributed by atoms with E-state index >= 15 is 0 Å². The minimum Gasteiger partial charge on any atom is -0.506 e. The zero-order chi connectivity index (χ0) is 13.0. The van der Waals surface area contributed by atoms with Crippen LogP contribution in [0.4, 0.5) is 5.69 Å².